The summed E-state index contributed by atoms with van der Waals surface area (Å²) in [5.74, 6) is -0.282. The maximum atomic E-state index is 12.0. The minimum atomic E-state index is -0.416. The Morgan fingerprint density at radius 2 is 1.40 bits per heavy atom. The highest BCUT2D eigenvalue weighted by Crippen LogP contribution is 2.52. The Labute approximate surface area is 146 Å². The second-order valence-electron chi connectivity index (χ2n) is 6.35. The van der Waals surface area contributed by atoms with Crippen LogP contribution in [0.1, 0.15) is 23.1 Å². The molecule has 4 rings (SSSR count). The average molecular weight is 332 g/mol. The first kappa shape index (κ1) is 16.9. The Balaban J connectivity index is 0.00000182. The minimum Gasteiger partial charge on any atom is -0.412 e. The zero-order chi connectivity index (χ0) is 16.6. The average Bonchev–Trinajstić information content (AvgIpc) is 2.86. The van der Waals surface area contributed by atoms with Crippen LogP contribution in [0.15, 0.2) is 73.1 Å². The van der Waals surface area contributed by atoms with Gasteiger partial charge in [0.05, 0.1) is 0 Å². The summed E-state index contributed by atoms with van der Waals surface area (Å²) in [4.78, 5) is 16.1. The van der Waals surface area contributed by atoms with Crippen molar-refractivity contribution in [1.29, 1.82) is 0 Å². The molecule has 0 aliphatic heterocycles. The van der Waals surface area contributed by atoms with Crippen molar-refractivity contribution >= 4 is 5.91 Å². The molecule has 0 saturated carbocycles. The molecule has 4 nitrogen and oxygen atoms in total. The largest absolute Gasteiger partial charge is 0.412 e. The maximum Gasteiger partial charge on any atom is 0.218 e. The van der Waals surface area contributed by atoms with Gasteiger partial charge in [0.2, 0.25) is 5.91 Å². The molecule has 0 fully saturated rings. The standard InChI is InChI=1S/C21H18N2O.H2O/c22-20(24)14-21(13-15-9-11-23-12-10-15)18-7-3-1-5-16(18)17-6-2-4-8-19(17)21;/h1-12H,13-14H2,(H2,22,24);1H2. The number of carbonyl (C=O) groups excluding carboxylic acids is 1. The van der Waals surface area contributed by atoms with Gasteiger partial charge in [-0.3, -0.25) is 9.78 Å². The van der Waals surface area contributed by atoms with Crippen LogP contribution in [-0.2, 0) is 16.6 Å². The third-order valence-corrected chi connectivity index (χ3v) is 4.91. The smallest absolute Gasteiger partial charge is 0.218 e. The Morgan fingerprint density at radius 1 is 0.880 bits per heavy atom. The third kappa shape index (κ3) is 2.71. The van der Waals surface area contributed by atoms with Gasteiger partial charge in [0.15, 0.2) is 0 Å². The van der Waals surface area contributed by atoms with E-state index in [0.717, 1.165) is 12.0 Å². The molecule has 0 bridgehead atoms. The van der Waals surface area contributed by atoms with Crippen molar-refractivity contribution in [3.8, 4) is 11.1 Å². The summed E-state index contributed by atoms with van der Waals surface area (Å²) in [5, 5.41) is 0. The zero-order valence-corrected chi connectivity index (χ0v) is 13.8. The molecule has 2 aromatic carbocycles. The van der Waals surface area contributed by atoms with Crippen molar-refractivity contribution in [2.24, 2.45) is 5.73 Å². The number of rotatable bonds is 4. The molecule has 3 aromatic rings. The minimum absolute atomic E-state index is 0. The lowest BCUT2D eigenvalue weighted by molar-refractivity contribution is -0.118. The van der Waals surface area contributed by atoms with Gasteiger partial charge in [0.25, 0.3) is 0 Å². The number of fused-ring (bicyclic) bond motifs is 3. The molecule has 1 amide bonds. The van der Waals surface area contributed by atoms with Gasteiger partial charge in [-0.15, -0.1) is 0 Å². The molecule has 4 heteroatoms. The number of benzene rings is 2. The van der Waals surface area contributed by atoms with Crippen molar-refractivity contribution in [2.45, 2.75) is 18.3 Å². The third-order valence-electron chi connectivity index (χ3n) is 4.91. The van der Waals surface area contributed by atoms with E-state index in [1.807, 2.05) is 36.4 Å². The van der Waals surface area contributed by atoms with E-state index in [0.29, 0.717) is 6.42 Å². The maximum absolute atomic E-state index is 12.0. The van der Waals surface area contributed by atoms with Gasteiger partial charge < -0.3 is 11.2 Å². The van der Waals surface area contributed by atoms with Gasteiger partial charge in [0, 0.05) is 24.2 Å². The highest BCUT2D eigenvalue weighted by atomic mass is 16.1. The molecule has 1 aliphatic carbocycles. The van der Waals surface area contributed by atoms with Crippen LogP contribution in [0.4, 0.5) is 0 Å². The van der Waals surface area contributed by atoms with E-state index in [9.17, 15) is 4.79 Å². The van der Waals surface area contributed by atoms with E-state index in [2.05, 4.69) is 29.2 Å². The van der Waals surface area contributed by atoms with E-state index >= 15 is 0 Å². The monoisotopic (exact) mass is 332 g/mol. The van der Waals surface area contributed by atoms with E-state index in [4.69, 9.17) is 5.73 Å². The lowest BCUT2D eigenvalue weighted by Gasteiger charge is -2.31. The number of hydrogen-bond donors (Lipinski definition) is 1. The van der Waals surface area contributed by atoms with Gasteiger partial charge in [-0.1, -0.05) is 48.5 Å². The molecule has 1 heterocycles. The van der Waals surface area contributed by atoms with E-state index in [-0.39, 0.29) is 11.4 Å². The first-order valence-corrected chi connectivity index (χ1v) is 8.07. The van der Waals surface area contributed by atoms with Crippen molar-refractivity contribution in [3.05, 3.63) is 89.7 Å². The van der Waals surface area contributed by atoms with Crippen LogP contribution in [-0.4, -0.2) is 16.4 Å². The Kier molecular flexibility index (Phi) is 4.38. The SMILES string of the molecule is NC(=O)CC1(Cc2ccncc2)c2ccccc2-c2ccccc21.O. The van der Waals surface area contributed by atoms with Gasteiger partial charge in [-0.25, -0.2) is 0 Å². The lowest BCUT2D eigenvalue weighted by atomic mass is 9.71. The van der Waals surface area contributed by atoms with E-state index in [1.165, 1.54) is 22.3 Å². The van der Waals surface area contributed by atoms with Gasteiger partial charge >= 0.3 is 0 Å². The fourth-order valence-corrected chi connectivity index (χ4v) is 4.01. The van der Waals surface area contributed by atoms with Crippen LogP contribution in [0.2, 0.25) is 0 Å². The normalized spacial score (nSPS) is 13.4. The molecule has 1 aliphatic rings. The lowest BCUT2D eigenvalue weighted by Crippen LogP contribution is -2.34. The molecule has 0 unspecified atom stereocenters. The number of amides is 1. The first-order valence-electron chi connectivity index (χ1n) is 8.07. The van der Waals surface area contributed by atoms with Crippen LogP contribution in [0.3, 0.4) is 0 Å². The second kappa shape index (κ2) is 6.49. The number of carbonyl (C=O) groups is 1. The summed E-state index contributed by atoms with van der Waals surface area (Å²) < 4.78 is 0. The highest BCUT2D eigenvalue weighted by molar-refractivity contribution is 5.86. The van der Waals surface area contributed by atoms with Crippen molar-refractivity contribution in [1.82, 2.24) is 4.98 Å². The van der Waals surface area contributed by atoms with Gasteiger partial charge in [-0.05, 0) is 46.4 Å². The molecular formula is C21H20N2O2. The van der Waals surface area contributed by atoms with Gasteiger partial charge in [0.1, 0.15) is 0 Å². The predicted molar refractivity (Wildman–Crippen MR) is 98.0 cm³/mol. The van der Waals surface area contributed by atoms with Crippen LogP contribution < -0.4 is 5.73 Å². The van der Waals surface area contributed by atoms with E-state index < -0.39 is 5.41 Å². The van der Waals surface area contributed by atoms with Crippen molar-refractivity contribution < 1.29 is 10.3 Å². The van der Waals surface area contributed by atoms with Crippen LogP contribution in [0, 0.1) is 0 Å². The number of primary amides is 1. The summed E-state index contributed by atoms with van der Waals surface area (Å²) in [6, 6.07) is 20.7. The highest BCUT2D eigenvalue weighted by Gasteiger charge is 2.43. The van der Waals surface area contributed by atoms with Crippen LogP contribution >= 0.6 is 0 Å². The molecule has 0 spiro atoms. The van der Waals surface area contributed by atoms with Crippen LogP contribution in [0.5, 0.6) is 0 Å². The number of nitrogens with zero attached hydrogens (tertiary/aromatic N) is 1. The second-order valence-corrected chi connectivity index (χ2v) is 6.35. The summed E-state index contributed by atoms with van der Waals surface area (Å²) in [5.41, 5.74) is 11.2. The molecule has 4 N–H and O–H groups in total. The van der Waals surface area contributed by atoms with E-state index in [1.54, 1.807) is 12.4 Å². The molecule has 1 aromatic heterocycles. The summed E-state index contributed by atoms with van der Waals surface area (Å²) in [7, 11) is 0. The Morgan fingerprint density at radius 3 is 1.92 bits per heavy atom. The molecular weight excluding hydrogens is 312 g/mol. The van der Waals surface area contributed by atoms with Gasteiger partial charge in [-0.2, -0.15) is 0 Å². The quantitative estimate of drug-likeness (QED) is 0.796. The fraction of sp³-hybridized carbons (Fsp3) is 0.143. The molecule has 25 heavy (non-hydrogen) atoms. The summed E-state index contributed by atoms with van der Waals surface area (Å²) >= 11 is 0. The molecule has 126 valence electrons. The van der Waals surface area contributed by atoms with Crippen LogP contribution in [0.25, 0.3) is 11.1 Å². The molecule has 0 radical (unpaired) electrons. The Bertz CT molecular complexity index is 861. The Hall–Kier alpha value is -2.98. The number of hydrogen-bond acceptors (Lipinski definition) is 2. The number of aromatic nitrogens is 1. The summed E-state index contributed by atoms with van der Waals surface area (Å²) in [6.45, 7) is 0. The molecule has 0 atom stereocenters. The topological polar surface area (TPSA) is 87.5 Å². The first-order chi connectivity index (χ1) is 11.7. The fourth-order valence-electron chi connectivity index (χ4n) is 4.01. The number of pyridine rings is 1. The molecule has 0 saturated heterocycles. The predicted octanol–water partition coefficient (Wildman–Crippen LogP) is 2.64. The zero-order valence-electron chi connectivity index (χ0n) is 13.8. The summed E-state index contributed by atoms with van der Waals surface area (Å²) in [6.07, 6.45) is 4.61. The number of nitrogens with two attached hydrogens (primary N) is 1. The van der Waals surface area contributed by atoms with Crippen molar-refractivity contribution in [3.63, 3.8) is 0 Å². The van der Waals surface area contributed by atoms with Crippen molar-refractivity contribution in [2.75, 3.05) is 0 Å².